The van der Waals surface area contributed by atoms with Gasteiger partial charge in [-0.3, -0.25) is 4.72 Å². The Hall–Kier alpha value is -3.67. The van der Waals surface area contributed by atoms with Gasteiger partial charge in [-0.05, 0) is 43.3 Å². The third-order valence-electron chi connectivity index (χ3n) is 4.17. The van der Waals surface area contributed by atoms with Crippen molar-refractivity contribution in [2.75, 3.05) is 4.72 Å². The summed E-state index contributed by atoms with van der Waals surface area (Å²) in [6, 6.07) is 12.7. The molecule has 0 amide bonds. The van der Waals surface area contributed by atoms with Crippen LogP contribution in [0.15, 0.2) is 65.8 Å². The predicted molar refractivity (Wildman–Crippen MR) is 104 cm³/mol. The summed E-state index contributed by atoms with van der Waals surface area (Å²) in [5, 5.41) is 3.80. The van der Waals surface area contributed by atoms with Gasteiger partial charge in [-0.1, -0.05) is 17.7 Å². The second kappa shape index (κ2) is 7.54. The molecule has 0 atom stereocenters. The van der Waals surface area contributed by atoms with Crippen LogP contribution in [0.25, 0.3) is 5.78 Å². The third kappa shape index (κ3) is 4.43. The first-order valence-electron chi connectivity index (χ1n) is 8.77. The summed E-state index contributed by atoms with van der Waals surface area (Å²) in [7, 11) is -3.79. The van der Waals surface area contributed by atoms with Crippen LogP contribution < -0.4 is 9.46 Å². The molecule has 0 saturated heterocycles. The Labute approximate surface area is 174 Å². The first kappa shape index (κ1) is 20.6. The van der Waals surface area contributed by atoms with Crippen molar-refractivity contribution in [3.8, 4) is 11.6 Å². The van der Waals surface area contributed by atoms with Gasteiger partial charge in [0.2, 0.25) is 5.88 Å². The highest BCUT2D eigenvalue weighted by atomic mass is 32.2. The van der Waals surface area contributed by atoms with E-state index in [2.05, 4.69) is 19.8 Å². The van der Waals surface area contributed by atoms with E-state index < -0.39 is 21.9 Å². The molecule has 0 radical (unpaired) electrons. The Morgan fingerprint density at radius 3 is 2.35 bits per heavy atom. The molecule has 4 aromatic rings. The average molecular weight is 449 g/mol. The molecule has 2 aromatic carbocycles. The molecule has 2 aromatic heterocycles. The van der Waals surface area contributed by atoms with Crippen molar-refractivity contribution in [3.63, 3.8) is 0 Å². The summed E-state index contributed by atoms with van der Waals surface area (Å²) < 4.78 is 73.1. The van der Waals surface area contributed by atoms with Crippen molar-refractivity contribution in [1.82, 2.24) is 19.6 Å². The van der Waals surface area contributed by atoms with E-state index in [0.717, 1.165) is 16.4 Å². The van der Waals surface area contributed by atoms with E-state index in [9.17, 15) is 21.6 Å². The SMILES string of the molecule is Cc1ccc(S(=O)(=O)Nc2ccc(Oc3cc(C(F)(F)F)nc4ncnn34)cc2)cc1. The Morgan fingerprint density at radius 2 is 1.71 bits per heavy atom. The molecule has 0 spiro atoms. The lowest BCUT2D eigenvalue weighted by Gasteiger charge is -2.12. The fraction of sp³-hybridized carbons (Fsp3) is 0.105. The quantitative estimate of drug-likeness (QED) is 0.494. The fourth-order valence-corrected chi connectivity index (χ4v) is 3.71. The van der Waals surface area contributed by atoms with Crippen molar-refractivity contribution in [1.29, 1.82) is 0 Å². The third-order valence-corrected chi connectivity index (χ3v) is 5.57. The van der Waals surface area contributed by atoms with Crippen LogP contribution in [-0.4, -0.2) is 28.0 Å². The molecule has 8 nitrogen and oxygen atoms in total. The van der Waals surface area contributed by atoms with Gasteiger partial charge in [0.1, 0.15) is 12.1 Å². The van der Waals surface area contributed by atoms with Gasteiger partial charge in [0.05, 0.1) is 4.90 Å². The van der Waals surface area contributed by atoms with Crippen molar-refractivity contribution < 1.29 is 26.3 Å². The zero-order chi connectivity index (χ0) is 22.2. The topological polar surface area (TPSA) is 98.5 Å². The van der Waals surface area contributed by atoms with E-state index in [1.54, 1.807) is 12.1 Å². The Kier molecular flexibility index (Phi) is 5.01. The van der Waals surface area contributed by atoms with Crippen LogP contribution in [0, 0.1) is 6.92 Å². The monoisotopic (exact) mass is 449 g/mol. The number of alkyl halides is 3. The average Bonchev–Trinajstić information content (AvgIpc) is 3.18. The molecular weight excluding hydrogens is 435 g/mol. The Bertz CT molecular complexity index is 1340. The van der Waals surface area contributed by atoms with Crippen LogP contribution in [0.1, 0.15) is 11.3 Å². The number of fused-ring (bicyclic) bond motifs is 1. The summed E-state index contributed by atoms with van der Waals surface area (Å²) in [6.45, 7) is 1.84. The molecule has 160 valence electrons. The van der Waals surface area contributed by atoms with Gasteiger partial charge in [-0.25, -0.2) is 13.4 Å². The first-order chi connectivity index (χ1) is 14.6. The number of aromatic nitrogens is 4. The first-order valence-corrected chi connectivity index (χ1v) is 10.3. The number of hydrogen-bond acceptors (Lipinski definition) is 6. The van der Waals surface area contributed by atoms with Crippen molar-refractivity contribution in [2.24, 2.45) is 0 Å². The molecule has 0 aliphatic rings. The summed E-state index contributed by atoms with van der Waals surface area (Å²) in [4.78, 5) is 7.17. The predicted octanol–water partition coefficient (Wildman–Crippen LogP) is 4.04. The Morgan fingerprint density at radius 1 is 1.03 bits per heavy atom. The lowest BCUT2D eigenvalue weighted by Crippen LogP contribution is -2.12. The number of nitrogens with one attached hydrogen (secondary N) is 1. The van der Waals surface area contributed by atoms with E-state index in [-0.39, 0.29) is 28.0 Å². The number of nitrogens with zero attached hydrogens (tertiary/aromatic N) is 4. The highest BCUT2D eigenvalue weighted by Gasteiger charge is 2.34. The number of aryl methyl sites for hydroxylation is 1. The molecule has 4 rings (SSSR count). The molecule has 0 aliphatic heterocycles. The molecule has 0 fully saturated rings. The van der Waals surface area contributed by atoms with Gasteiger partial charge in [-0.15, -0.1) is 0 Å². The minimum atomic E-state index is -4.69. The largest absolute Gasteiger partial charge is 0.439 e. The number of rotatable bonds is 5. The molecule has 0 bridgehead atoms. The van der Waals surface area contributed by atoms with E-state index in [4.69, 9.17) is 4.74 Å². The van der Waals surface area contributed by atoms with Gasteiger partial charge in [0.15, 0.2) is 5.69 Å². The van der Waals surface area contributed by atoms with E-state index in [1.165, 1.54) is 36.4 Å². The molecule has 0 aliphatic carbocycles. The number of hydrogen-bond donors (Lipinski definition) is 1. The highest BCUT2D eigenvalue weighted by Crippen LogP contribution is 2.32. The smallest absolute Gasteiger partial charge is 0.433 e. The summed E-state index contributed by atoms with van der Waals surface area (Å²) in [6.07, 6.45) is -3.64. The molecule has 1 N–H and O–H groups in total. The van der Waals surface area contributed by atoms with Gasteiger partial charge in [-0.2, -0.15) is 27.8 Å². The lowest BCUT2D eigenvalue weighted by molar-refractivity contribution is -0.141. The van der Waals surface area contributed by atoms with Gasteiger partial charge in [0.25, 0.3) is 15.8 Å². The van der Waals surface area contributed by atoms with Gasteiger partial charge in [0, 0.05) is 11.8 Å². The fourth-order valence-electron chi connectivity index (χ4n) is 2.65. The molecule has 0 saturated carbocycles. The lowest BCUT2D eigenvalue weighted by atomic mass is 10.2. The van der Waals surface area contributed by atoms with Crippen LogP contribution in [0.3, 0.4) is 0 Å². The standard InChI is InChI=1S/C19H14F3N5O3S/c1-12-2-8-15(9-3-12)31(28,29)26-13-4-6-14(7-5-13)30-17-10-16(19(20,21)22)25-18-23-11-24-27(17)18/h2-11,26H,1H3. The van der Waals surface area contributed by atoms with Crippen LogP contribution in [0.4, 0.5) is 18.9 Å². The van der Waals surface area contributed by atoms with E-state index >= 15 is 0 Å². The molecule has 12 heteroatoms. The van der Waals surface area contributed by atoms with Gasteiger partial charge < -0.3 is 4.74 Å². The highest BCUT2D eigenvalue weighted by molar-refractivity contribution is 7.92. The second-order valence-corrected chi connectivity index (χ2v) is 8.18. The number of anilines is 1. The molecular formula is C19H14F3N5O3S. The minimum absolute atomic E-state index is 0.100. The maximum atomic E-state index is 13.1. The zero-order valence-corrected chi connectivity index (χ0v) is 16.6. The molecule has 31 heavy (non-hydrogen) atoms. The minimum Gasteiger partial charge on any atom is -0.439 e. The van der Waals surface area contributed by atoms with Crippen LogP contribution in [-0.2, 0) is 16.2 Å². The maximum Gasteiger partial charge on any atom is 0.433 e. The van der Waals surface area contributed by atoms with Crippen LogP contribution in [0.5, 0.6) is 11.6 Å². The zero-order valence-electron chi connectivity index (χ0n) is 15.8. The number of ether oxygens (including phenoxy) is 1. The normalized spacial score (nSPS) is 12.1. The van der Waals surface area contributed by atoms with E-state index in [0.29, 0.717) is 6.07 Å². The molecule has 0 unspecified atom stereocenters. The van der Waals surface area contributed by atoms with Crippen LogP contribution in [0.2, 0.25) is 0 Å². The number of sulfonamides is 1. The maximum absolute atomic E-state index is 13.1. The van der Waals surface area contributed by atoms with Crippen molar-refractivity contribution >= 4 is 21.5 Å². The number of benzene rings is 2. The van der Waals surface area contributed by atoms with Crippen molar-refractivity contribution in [2.45, 2.75) is 18.0 Å². The molecule has 2 heterocycles. The van der Waals surface area contributed by atoms with Crippen LogP contribution >= 0.6 is 0 Å². The Balaban J connectivity index is 1.57. The van der Waals surface area contributed by atoms with Gasteiger partial charge >= 0.3 is 6.18 Å². The second-order valence-electron chi connectivity index (χ2n) is 6.49. The summed E-state index contributed by atoms with van der Waals surface area (Å²) >= 11 is 0. The number of halogens is 3. The summed E-state index contributed by atoms with van der Waals surface area (Å²) in [5.41, 5.74) is 0.00162. The van der Waals surface area contributed by atoms with E-state index in [1.807, 2.05) is 6.92 Å². The summed E-state index contributed by atoms with van der Waals surface area (Å²) in [5.74, 6) is -0.357. The van der Waals surface area contributed by atoms with Crippen molar-refractivity contribution in [3.05, 3.63) is 72.2 Å².